The third-order valence-electron chi connectivity index (χ3n) is 7.03. The summed E-state index contributed by atoms with van der Waals surface area (Å²) in [4.78, 5) is 26.0. The van der Waals surface area contributed by atoms with E-state index in [9.17, 15) is 14.7 Å². The summed E-state index contributed by atoms with van der Waals surface area (Å²) in [5.41, 5.74) is 4.84. The number of phenols is 1. The molecule has 1 fully saturated rings. The van der Waals surface area contributed by atoms with Crippen LogP contribution in [0, 0.1) is 6.92 Å². The van der Waals surface area contributed by atoms with Gasteiger partial charge in [-0.25, -0.2) is 4.79 Å². The summed E-state index contributed by atoms with van der Waals surface area (Å²) in [6, 6.07) is 20.9. The number of aromatic nitrogens is 2. The average Bonchev–Trinajstić information content (AvgIpc) is 3.60. The first kappa shape index (κ1) is 25.5. The smallest absolute Gasteiger partial charge is 0.342 e. The van der Waals surface area contributed by atoms with E-state index in [2.05, 4.69) is 15.7 Å². The van der Waals surface area contributed by atoms with Gasteiger partial charge in [0.15, 0.2) is 0 Å². The van der Waals surface area contributed by atoms with Crippen LogP contribution >= 0.6 is 11.6 Å². The Balaban J connectivity index is 1.42. The molecule has 7 nitrogen and oxygen atoms in total. The standard InChI is InChI=1S/C30H29ClN4O3/c1-19-6-2-3-9-22(19)18-32-30(38)35-27(20-7-4-5-8-20)17-26(34-35)25-16-24(14-15-28(25)36)33-29(37)21-10-12-23(31)13-11-21/h2-3,6,9-17,20,36H,4-5,7-8,18H2,1H3,(H,32,38)(H,33,37). The van der Waals surface area contributed by atoms with E-state index in [1.807, 2.05) is 37.3 Å². The molecule has 1 aliphatic carbocycles. The number of carbonyl (C=O) groups excluding carboxylic acids is 2. The number of nitrogens with zero attached hydrogens (tertiary/aromatic N) is 2. The Morgan fingerprint density at radius 1 is 1.03 bits per heavy atom. The second kappa shape index (κ2) is 11.1. The van der Waals surface area contributed by atoms with Crippen LogP contribution in [0.4, 0.5) is 10.5 Å². The molecule has 0 saturated heterocycles. The van der Waals surface area contributed by atoms with E-state index in [1.165, 1.54) is 10.7 Å². The largest absolute Gasteiger partial charge is 0.507 e. The number of nitrogens with one attached hydrogen (secondary N) is 2. The molecule has 38 heavy (non-hydrogen) atoms. The molecule has 1 aromatic heterocycles. The summed E-state index contributed by atoms with van der Waals surface area (Å²) in [6.07, 6.45) is 4.18. The Kier molecular flexibility index (Phi) is 7.47. The fourth-order valence-corrected chi connectivity index (χ4v) is 5.01. The quantitative estimate of drug-likeness (QED) is 0.237. The van der Waals surface area contributed by atoms with Crippen molar-refractivity contribution in [2.45, 2.75) is 45.1 Å². The lowest BCUT2D eigenvalue weighted by Crippen LogP contribution is -2.31. The number of aromatic hydroxyl groups is 1. The van der Waals surface area contributed by atoms with Crippen LogP contribution in [0.25, 0.3) is 11.3 Å². The van der Waals surface area contributed by atoms with Crippen molar-refractivity contribution >= 4 is 29.2 Å². The molecule has 3 aromatic carbocycles. The van der Waals surface area contributed by atoms with Crippen LogP contribution in [0.2, 0.25) is 5.02 Å². The Morgan fingerprint density at radius 3 is 2.50 bits per heavy atom. The molecule has 4 aromatic rings. The maximum Gasteiger partial charge on any atom is 0.342 e. The predicted molar refractivity (Wildman–Crippen MR) is 149 cm³/mol. The van der Waals surface area contributed by atoms with Gasteiger partial charge in [-0.2, -0.15) is 9.78 Å². The first-order valence-corrected chi connectivity index (χ1v) is 13.1. The lowest BCUT2D eigenvalue weighted by molar-refractivity contribution is 0.102. The second-order valence-corrected chi connectivity index (χ2v) is 10.1. The number of rotatable bonds is 6. The van der Waals surface area contributed by atoms with Crippen molar-refractivity contribution in [3.05, 3.63) is 100 Å². The number of anilines is 1. The topological polar surface area (TPSA) is 96.3 Å². The molecule has 8 heteroatoms. The van der Waals surface area contributed by atoms with Crippen LogP contribution in [0.1, 0.15) is 58.8 Å². The minimum Gasteiger partial charge on any atom is -0.507 e. The van der Waals surface area contributed by atoms with E-state index < -0.39 is 0 Å². The summed E-state index contributed by atoms with van der Waals surface area (Å²) in [7, 11) is 0. The summed E-state index contributed by atoms with van der Waals surface area (Å²) in [5, 5.41) is 21.7. The molecular weight excluding hydrogens is 500 g/mol. The maximum atomic E-state index is 13.3. The first-order valence-electron chi connectivity index (χ1n) is 12.7. The highest BCUT2D eigenvalue weighted by Gasteiger charge is 2.26. The van der Waals surface area contributed by atoms with Crippen LogP contribution < -0.4 is 10.6 Å². The van der Waals surface area contributed by atoms with Gasteiger partial charge in [-0.1, -0.05) is 48.7 Å². The van der Waals surface area contributed by atoms with Crippen LogP contribution in [0.5, 0.6) is 5.75 Å². The summed E-state index contributed by atoms with van der Waals surface area (Å²) >= 11 is 5.93. The fraction of sp³-hybridized carbons (Fsp3) is 0.233. The molecule has 1 heterocycles. The number of carbonyl (C=O) groups is 2. The van der Waals surface area contributed by atoms with Crippen molar-refractivity contribution in [3.8, 4) is 17.0 Å². The first-order chi connectivity index (χ1) is 18.4. The Labute approximate surface area is 226 Å². The van der Waals surface area contributed by atoms with Gasteiger partial charge in [0, 0.05) is 34.3 Å². The molecule has 0 aliphatic heterocycles. The molecule has 2 amide bonds. The molecule has 0 spiro atoms. The normalized spacial score (nSPS) is 13.4. The molecule has 1 saturated carbocycles. The maximum absolute atomic E-state index is 13.3. The minimum absolute atomic E-state index is 0.0115. The molecular formula is C30H29ClN4O3. The lowest BCUT2D eigenvalue weighted by atomic mass is 10.0. The van der Waals surface area contributed by atoms with Crippen LogP contribution in [-0.2, 0) is 6.54 Å². The average molecular weight is 529 g/mol. The Hall–Kier alpha value is -4.10. The van der Waals surface area contributed by atoms with E-state index in [-0.39, 0.29) is 23.6 Å². The number of phenolic OH excluding ortho intramolecular Hbond substituents is 1. The number of aryl methyl sites for hydroxylation is 1. The summed E-state index contributed by atoms with van der Waals surface area (Å²) in [6.45, 7) is 2.40. The van der Waals surface area contributed by atoms with Crippen molar-refractivity contribution in [2.24, 2.45) is 0 Å². The molecule has 0 unspecified atom stereocenters. The SMILES string of the molecule is Cc1ccccc1CNC(=O)n1nc(-c2cc(NC(=O)c3ccc(Cl)cc3)ccc2O)cc1C1CCCC1. The number of halogens is 1. The molecule has 0 atom stereocenters. The predicted octanol–water partition coefficient (Wildman–Crippen LogP) is 6.89. The summed E-state index contributed by atoms with van der Waals surface area (Å²) < 4.78 is 1.43. The highest BCUT2D eigenvalue weighted by molar-refractivity contribution is 6.30. The van der Waals surface area contributed by atoms with E-state index in [0.29, 0.717) is 34.1 Å². The molecule has 5 rings (SSSR count). The van der Waals surface area contributed by atoms with Crippen LogP contribution in [0.3, 0.4) is 0 Å². The van der Waals surface area contributed by atoms with Gasteiger partial charge in [0.25, 0.3) is 5.91 Å². The van der Waals surface area contributed by atoms with Crippen molar-refractivity contribution in [1.29, 1.82) is 0 Å². The molecule has 1 aliphatic rings. The fourth-order valence-electron chi connectivity index (χ4n) is 4.88. The van der Waals surface area contributed by atoms with Gasteiger partial charge in [-0.15, -0.1) is 0 Å². The minimum atomic E-state index is -0.312. The highest BCUT2D eigenvalue weighted by atomic mass is 35.5. The van der Waals surface area contributed by atoms with Gasteiger partial charge in [0.05, 0.1) is 11.4 Å². The van der Waals surface area contributed by atoms with Crippen LogP contribution in [0.15, 0.2) is 72.8 Å². The van der Waals surface area contributed by atoms with Crippen molar-refractivity contribution in [3.63, 3.8) is 0 Å². The third kappa shape index (κ3) is 5.58. The van der Waals surface area contributed by atoms with Gasteiger partial charge in [0.1, 0.15) is 5.75 Å². The van der Waals surface area contributed by atoms with Gasteiger partial charge >= 0.3 is 6.03 Å². The van der Waals surface area contributed by atoms with E-state index in [0.717, 1.165) is 42.5 Å². The third-order valence-corrected chi connectivity index (χ3v) is 7.28. The van der Waals surface area contributed by atoms with E-state index >= 15 is 0 Å². The van der Waals surface area contributed by atoms with E-state index in [4.69, 9.17) is 11.6 Å². The zero-order valence-corrected chi connectivity index (χ0v) is 21.8. The van der Waals surface area contributed by atoms with Crippen molar-refractivity contribution in [2.75, 3.05) is 5.32 Å². The molecule has 194 valence electrons. The zero-order valence-electron chi connectivity index (χ0n) is 21.1. The van der Waals surface area contributed by atoms with Gasteiger partial charge in [0.2, 0.25) is 0 Å². The Morgan fingerprint density at radius 2 is 1.76 bits per heavy atom. The number of hydrogen-bond acceptors (Lipinski definition) is 4. The number of hydrogen-bond donors (Lipinski definition) is 3. The highest BCUT2D eigenvalue weighted by Crippen LogP contribution is 2.38. The van der Waals surface area contributed by atoms with Crippen molar-refractivity contribution < 1.29 is 14.7 Å². The zero-order chi connectivity index (χ0) is 26.6. The molecule has 3 N–H and O–H groups in total. The van der Waals surface area contributed by atoms with E-state index in [1.54, 1.807) is 36.4 Å². The number of benzene rings is 3. The lowest BCUT2D eigenvalue weighted by Gasteiger charge is -2.13. The van der Waals surface area contributed by atoms with Crippen molar-refractivity contribution in [1.82, 2.24) is 15.1 Å². The second-order valence-electron chi connectivity index (χ2n) is 9.63. The monoisotopic (exact) mass is 528 g/mol. The van der Waals surface area contributed by atoms with Gasteiger partial charge in [-0.3, -0.25) is 4.79 Å². The summed E-state index contributed by atoms with van der Waals surface area (Å²) in [5.74, 6) is -0.0705. The Bertz CT molecular complexity index is 1470. The molecule has 0 bridgehead atoms. The van der Waals surface area contributed by atoms with Crippen LogP contribution in [-0.4, -0.2) is 26.8 Å². The van der Waals surface area contributed by atoms with Gasteiger partial charge < -0.3 is 15.7 Å². The number of amides is 2. The van der Waals surface area contributed by atoms with Gasteiger partial charge in [-0.05, 0) is 79.4 Å². The molecule has 0 radical (unpaired) electrons.